The Hall–Kier alpha value is -0.510. The third-order valence-corrected chi connectivity index (χ3v) is 5.50. The van der Waals surface area contributed by atoms with Gasteiger partial charge < -0.3 is 10.2 Å². The number of carbonyl (C=O) groups is 4. The molecule has 1 rings (SSSR count). The van der Waals surface area contributed by atoms with E-state index < -0.39 is 23.8 Å². The highest BCUT2D eigenvalue weighted by molar-refractivity contribution is 14.1. The number of carboxylic acids is 2. The van der Waals surface area contributed by atoms with Crippen LogP contribution >= 0.6 is 67.8 Å². The van der Waals surface area contributed by atoms with E-state index in [1.807, 2.05) is 5.32 Å². The average molecular weight is 629 g/mol. The molecule has 0 heterocycles. The van der Waals surface area contributed by atoms with Crippen molar-refractivity contribution < 1.29 is 29.4 Å². The van der Waals surface area contributed by atoms with Crippen LogP contribution in [0.5, 0.6) is 0 Å². The lowest BCUT2D eigenvalue weighted by Crippen LogP contribution is -2.31. The third kappa shape index (κ3) is 3.82. The number of carbonyl (C=O) groups excluding carboxylic acids is 2. The Kier molecular flexibility index (Phi) is 6.33. The van der Waals surface area contributed by atoms with Crippen molar-refractivity contribution in [2.75, 3.05) is 0 Å². The molecule has 0 fully saturated rings. The van der Waals surface area contributed by atoms with Gasteiger partial charge in [-0.05, 0) is 67.8 Å². The first-order valence-electron chi connectivity index (χ1n) is 5.08. The van der Waals surface area contributed by atoms with Crippen molar-refractivity contribution in [3.8, 4) is 0 Å². The highest BCUT2D eigenvalue weighted by Gasteiger charge is 2.30. The molecule has 0 saturated heterocycles. The van der Waals surface area contributed by atoms with Gasteiger partial charge in [0.1, 0.15) is 0 Å². The molecule has 2 amide bonds. The molecule has 7 nitrogen and oxygen atoms in total. The lowest BCUT2D eigenvalue weighted by Gasteiger charge is -2.14. The van der Waals surface area contributed by atoms with Crippen molar-refractivity contribution in [2.45, 2.75) is 6.92 Å². The second-order valence-corrected chi connectivity index (χ2v) is 6.92. The summed E-state index contributed by atoms with van der Waals surface area (Å²) in [6.07, 6.45) is 0. The van der Waals surface area contributed by atoms with Gasteiger partial charge in [0.25, 0.3) is 5.91 Å². The quantitative estimate of drug-likeness (QED) is 0.442. The van der Waals surface area contributed by atoms with Crippen molar-refractivity contribution in [1.29, 1.82) is 0 Å². The van der Waals surface area contributed by atoms with Crippen molar-refractivity contribution >= 4 is 91.5 Å². The smallest absolute Gasteiger partial charge is 0.337 e. The highest BCUT2D eigenvalue weighted by Crippen LogP contribution is 2.32. The van der Waals surface area contributed by atoms with E-state index in [1.54, 1.807) is 67.8 Å². The molecule has 0 radical (unpaired) electrons. The molecule has 0 saturated carbocycles. The van der Waals surface area contributed by atoms with E-state index in [1.165, 1.54) is 0 Å². The maximum atomic E-state index is 12.0. The number of amides is 2. The Morgan fingerprint density at radius 2 is 1.14 bits per heavy atom. The van der Waals surface area contributed by atoms with Crippen LogP contribution < -0.4 is 5.32 Å². The number of halogens is 3. The molecule has 0 spiro atoms. The fourth-order valence-electron chi connectivity index (χ4n) is 1.46. The first-order valence-corrected chi connectivity index (χ1v) is 8.32. The van der Waals surface area contributed by atoms with Crippen LogP contribution in [-0.4, -0.2) is 34.0 Å². The molecule has 0 aliphatic carbocycles. The number of aromatic carboxylic acids is 2. The summed E-state index contributed by atoms with van der Waals surface area (Å²) in [5.41, 5.74) is -0.688. The van der Waals surface area contributed by atoms with Gasteiger partial charge in [0.05, 0.1) is 16.7 Å². The summed E-state index contributed by atoms with van der Waals surface area (Å²) < 4.78 is 0.191. The van der Waals surface area contributed by atoms with Gasteiger partial charge in [-0.2, -0.15) is 0 Å². The van der Waals surface area contributed by atoms with Gasteiger partial charge in [0.2, 0.25) is 5.91 Å². The molecular weight excluding hydrogens is 623 g/mol. The molecule has 0 aliphatic heterocycles. The summed E-state index contributed by atoms with van der Waals surface area (Å²) in [6.45, 7) is 1.13. The predicted octanol–water partition coefficient (Wildman–Crippen LogP) is 2.17. The molecule has 1 aromatic carbocycles. The molecule has 3 N–H and O–H groups in total. The van der Waals surface area contributed by atoms with Crippen molar-refractivity contribution in [3.63, 3.8) is 0 Å². The number of hydrogen-bond donors (Lipinski definition) is 3. The van der Waals surface area contributed by atoms with E-state index >= 15 is 0 Å². The molecule has 0 aromatic heterocycles. The van der Waals surface area contributed by atoms with Crippen LogP contribution in [0.4, 0.5) is 0 Å². The predicted molar refractivity (Wildman–Crippen MR) is 96.7 cm³/mol. The zero-order chi connectivity index (χ0) is 16.5. The summed E-state index contributed by atoms with van der Waals surface area (Å²) in [7, 11) is 0. The third-order valence-electron chi connectivity index (χ3n) is 2.26. The zero-order valence-electron chi connectivity index (χ0n) is 10.2. The standard InChI is InChI=1S/C11H6I3NO6/c1-2(16)15-9(17)3-6(12)4(10(18)19)8(14)5(7(3)13)11(20)21/h1H3,(H,18,19)(H,20,21)(H,15,16,17). The van der Waals surface area contributed by atoms with Crippen LogP contribution in [-0.2, 0) is 4.79 Å². The molecule has 21 heavy (non-hydrogen) atoms. The Bertz CT molecular complexity index is 644. The first-order chi connectivity index (χ1) is 9.59. The molecule has 0 bridgehead atoms. The fraction of sp³-hybridized carbons (Fsp3) is 0.0909. The van der Waals surface area contributed by atoms with Gasteiger partial charge in [-0.25, -0.2) is 9.59 Å². The SMILES string of the molecule is CC(=O)NC(=O)c1c(I)c(C(=O)O)c(I)c(C(=O)O)c1I. The number of rotatable bonds is 3. The molecule has 112 valence electrons. The topological polar surface area (TPSA) is 121 Å². The Morgan fingerprint density at radius 3 is 1.43 bits per heavy atom. The summed E-state index contributed by atoms with van der Waals surface area (Å²) in [4.78, 5) is 45.7. The number of imide groups is 1. The van der Waals surface area contributed by atoms with Gasteiger partial charge in [-0.1, -0.05) is 0 Å². The Balaban J connectivity index is 3.80. The van der Waals surface area contributed by atoms with Gasteiger partial charge in [0.15, 0.2) is 0 Å². The van der Waals surface area contributed by atoms with E-state index in [4.69, 9.17) is 0 Å². The fourth-order valence-corrected chi connectivity index (χ4v) is 6.04. The van der Waals surface area contributed by atoms with Gasteiger partial charge in [-0.3, -0.25) is 14.9 Å². The van der Waals surface area contributed by atoms with Crippen molar-refractivity contribution in [1.82, 2.24) is 5.32 Å². The maximum Gasteiger partial charge on any atom is 0.337 e. The monoisotopic (exact) mass is 629 g/mol. The molecular formula is C11H6I3NO6. The minimum atomic E-state index is -1.35. The summed E-state index contributed by atoms with van der Waals surface area (Å²) >= 11 is 4.93. The first kappa shape index (κ1) is 18.5. The van der Waals surface area contributed by atoms with E-state index in [-0.39, 0.29) is 27.4 Å². The molecule has 0 atom stereocenters. The second-order valence-electron chi connectivity index (χ2n) is 3.69. The number of nitrogens with one attached hydrogen (secondary N) is 1. The van der Waals surface area contributed by atoms with E-state index in [0.29, 0.717) is 0 Å². The lowest BCUT2D eigenvalue weighted by atomic mass is 10.0. The Morgan fingerprint density at radius 1 is 0.810 bits per heavy atom. The van der Waals surface area contributed by atoms with Gasteiger partial charge in [0, 0.05) is 17.6 Å². The molecule has 1 aromatic rings. The molecule has 10 heteroatoms. The highest BCUT2D eigenvalue weighted by atomic mass is 127. The Labute approximate surface area is 159 Å². The van der Waals surface area contributed by atoms with Crippen LogP contribution in [0.3, 0.4) is 0 Å². The minimum Gasteiger partial charge on any atom is -0.478 e. The lowest BCUT2D eigenvalue weighted by molar-refractivity contribution is -0.118. The van der Waals surface area contributed by atoms with Gasteiger partial charge >= 0.3 is 11.9 Å². The van der Waals surface area contributed by atoms with Crippen molar-refractivity contribution in [3.05, 3.63) is 27.4 Å². The maximum absolute atomic E-state index is 12.0. The van der Waals surface area contributed by atoms with E-state index in [2.05, 4.69) is 0 Å². The summed E-state index contributed by atoms with van der Waals surface area (Å²) in [6, 6.07) is 0. The van der Waals surface area contributed by atoms with Crippen LogP contribution in [0.15, 0.2) is 0 Å². The van der Waals surface area contributed by atoms with Gasteiger partial charge in [-0.15, -0.1) is 0 Å². The van der Waals surface area contributed by atoms with E-state index in [0.717, 1.165) is 6.92 Å². The zero-order valence-corrected chi connectivity index (χ0v) is 16.6. The second kappa shape index (κ2) is 7.17. The number of benzene rings is 1. The van der Waals surface area contributed by atoms with Crippen LogP contribution in [0.25, 0.3) is 0 Å². The molecule has 0 unspecified atom stereocenters. The van der Waals surface area contributed by atoms with Crippen LogP contribution in [0.2, 0.25) is 0 Å². The van der Waals surface area contributed by atoms with Crippen LogP contribution in [0, 0.1) is 10.7 Å². The minimum absolute atomic E-state index is 0.0285. The summed E-state index contributed by atoms with van der Waals surface area (Å²) in [5.74, 6) is -4.16. The summed E-state index contributed by atoms with van der Waals surface area (Å²) in [5, 5.41) is 20.5. The largest absolute Gasteiger partial charge is 0.478 e. The normalized spacial score (nSPS) is 10.1. The number of hydrogen-bond acceptors (Lipinski definition) is 4. The average Bonchev–Trinajstić information content (AvgIpc) is 2.25. The number of carboxylic acid groups (broad SMARTS) is 2. The van der Waals surface area contributed by atoms with Crippen LogP contribution in [0.1, 0.15) is 38.0 Å². The van der Waals surface area contributed by atoms with Crippen molar-refractivity contribution in [2.24, 2.45) is 0 Å². The molecule has 0 aliphatic rings. The van der Waals surface area contributed by atoms with E-state index in [9.17, 15) is 29.4 Å².